The Morgan fingerprint density at radius 2 is 1.85 bits per heavy atom. The molecule has 27 heavy (non-hydrogen) atoms. The lowest BCUT2D eigenvalue weighted by molar-refractivity contribution is -0.142. The van der Waals surface area contributed by atoms with Gasteiger partial charge in [0.15, 0.2) is 0 Å². The molecule has 2 N–H and O–H groups in total. The van der Waals surface area contributed by atoms with Crippen LogP contribution in [0.25, 0.3) is 10.9 Å². The van der Waals surface area contributed by atoms with Crippen LogP contribution in [0.5, 0.6) is 5.75 Å². The number of methoxy groups -OCH3 is 2. The molecule has 2 aromatic carbocycles. The van der Waals surface area contributed by atoms with E-state index in [9.17, 15) is 9.59 Å². The molecule has 1 aromatic heterocycles. The van der Waals surface area contributed by atoms with E-state index in [4.69, 9.17) is 21.1 Å². The molecule has 0 saturated heterocycles. The summed E-state index contributed by atoms with van der Waals surface area (Å²) in [4.78, 5) is 27.8. The maximum absolute atomic E-state index is 12.6. The highest BCUT2D eigenvalue weighted by Crippen LogP contribution is 2.20. The Morgan fingerprint density at radius 1 is 1.11 bits per heavy atom. The van der Waals surface area contributed by atoms with E-state index in [1.807, 2.05) is 12.1 Å². The number of carbonyl (C=O) groups excluding carboxylic acids is 2. The van der Waals surface area contributed by atoms with Crippen LogP contribution < -0.4 is 10.1 Å². The molecule has 0 saturated carbocycles. The Kier molecular flexibility index (Phi) is 5.66. The number of halogens is 1. The Bertz CT molecular complexity index is 966. The normalized spacial score (nSPS) is 11.8. The van der Waals surface area contributed by atoms with Crippen molar-refractivity contribution in [3.05, 3.63) is 64.8 Å². The maximum atomic E-state index is 12.6. The first-order valence-corrected chi connectivity index (χ1v) is 8.68. The number of hydrogen-bond acceptors (Lipinski definition) is 4. The van der Waals surface area contributed by atoms with Crippen molar-refractivity contribution < 1.29 is 19.1 Å². The molecule has 0 bridgehead atoms. The van der Waals surface area contributed by atoms with Gasteiger partial charge in [0.2, 0.25) is 0 Å². The molecular weight excluding hydrogens is 368 g/mol. The van der Waals surface area contributed by atoms with Crippen LogP contribution in [-0.2, 0) is 16.0 Å². The minimum atomic E-state index is -0.814. The fourth-order valence-electron chi connectivity index (χ4n) is 2.79. The molecule has 6 nitrogen and oxygen atoms in total. The summed E-state index contributed by atoms with van der Waals surface area (Å²) in [5.41, 5.74) is 2.00. The van der Waals surface area contributed by atoms with Gasteiger partial charge in [-0.25, -0.2) is 4.79 Å². The fraction of sp³-hybridized carbons (Fsp3) is 0.200. The van der Waals surface area contributed by atoms with Gasteiger partial charge in [-0.3, -0.25) is 4.79 Å². The Labute approximate surface area is 161 Å². The predicted octanol–water partition coefficient (Wildman–Crippen LogP) is 3.34. The van der Waals surface area contributed by atoms with Crippen molar-refractivity contribution in [2.24, 2.45) is 0 Å². The zero-order chi connectivity index (χ0) is 19.4. The molecule has 0 fully saturated rings. The summed E-state index contributed by atoms with van der Waals surface area (Å²) < 4.78 is 9.96. The van der Waals surface area contributed by atoms with Crippen molar-refractivity contribution in [1.29, 1.82) is 0 Å². The zero-order valence-electron chi connectivity index (χ0n) is 14.9. The number of carbonyl (C=O) groups is 2. The summed E-state index contributed by atoms with van der Waals surface area (Å²) in [6.07, 6.45) is 0.300. The van der Waals surface area contributed by atoms with Gasteiger partial charge in [0.05, 0.1) is 14.2 Å². The number of ether oxygens (including phenoxy) is 2. The van der Waals surface area contributed by atoms with Gasteiger partial charge in [-0.05, 0) is 42.0 Å². The van der Waals surface area contributed by atoms with Crippen LogP contribution in [0.4, 0.5) is 0 Å². The van der Waals surface area contributed by atoms with Crippen LogP contribution in [0, 0.1) is 0 Å². The monoisotopic (exact) mass is 386 g/mol. The molecule has 7 heteroatoms. The van der Waals surface area contributed by atoms with Crippen molar-refractivity contribution in [2.75, 3.05) is 14.2 Å². The number of nitrogens with one attached hydrogen (secondary N) is 2. The second-order valence-corrected chi connectivity index (χ2v) is 6.45. The van der Waals surface area contributed by atoms with Crippen molar-refractivity contribution in [1.82, 2.24) is 10.3 Å². The first-order valence-electron chi connectivity index (χ1n) is 8.30. The second-order valence-electron chi connectivity index (χ2n) is 6.02. The smallest absolute Gasteiger partial charge is 0.328 e. The number of benzene rings is 2. The number of aromatic nitrogens is 1. The van der Waals surface area contributed by atoms with E-state index in [2.05, 4.69) is 10.3 Å². The van der Waals surface area contributed by atoms with Gasteiger partial charge in [-0.2, -0.15) is 0 Å². The number of esters is 1. The minimum Gasteiger partial charge on any atom is -0.497 e. The molecule has 1 amide bonds. The van der Waals surface area contributed by atoms with E-state index in [1.165, 1.54) is 7.11 Å². The van der Waals surface area contributed by atoms with Gasteiger partial charge in [0.1, 0.15) is 17.5 Å². The Hall–Kier alpha value is -2.99. The average Bonchev–Trinajstić information content (AvgIpc) is 3.10. The summed E-state index contributed by atoms with van der Waals surface area (Å²) in [6.45, 7) is 0. The van der Waals surface area contributed by atoms with Crippen molar-refractivity contribution in [3.8, 4) is 5.75 Å². The first-order chi connectivity index (χ1) is 13.0. The lowest BCUT2D eigenvalue weighted by Crippen LogP contribution is -2.43. The SMILES string of the molecule is COC(=O)[C@H](Cc1ccc(OC)cc1)NC(=O)c1cc2cc(Cl)ccc2[nH]1. The van der Waals surface area contributed by atoms with Gasteiger partial charge in [-0.15, -0.1) is 0 Å². The van der Waals surface area contributed by atoms with Crippen molar-refractivity contribution in [2.45, 2.75) is 12.5 Å². The molecule has 0 aliphatic rings. The highest BCUT2D eigenvalue weighted by molar-refractivity contribution is 6.31. The average molecular weight is 387 g/mol. The third-order valence-electron chi connectivity index (χ3n) is 4.22. The van der Waals surface area contributed by atoms with E-state index in [0.29, 0.717) is 22.9 Å². The number of aromatic amines is 1. The standard InChI is InChI=1S/C20H19ClN2O4/c1-26-15-6-3-12(4-7-15)9-18(20(25)27-2)23-19(24)17-11-13-10-14(21)5-8-16(13)22-17/h3-8,10-11,18,22H,9H2,1-2H3,(H,23,24)/t18-/m0/s1. The lowest BCUT2D eigenvalue weighted by atomic mass is 10.1. The number of fused-ring (bicyclic) bond motifs is 1. The minimum absolute atomic E-state index is 0.300. The summed E-state index contributed by atoms with van der Waals surface area (Å²) in [5, 5.41) is 4.13. The van der Waals surface area contributed by atoms with E-state index in [0.717, 1.165) is 16.5 Å². The molecule has 0 radical (unpaired) electrons. The number of H-pyrrole nitrogens is 1. The zero-order valence-corrected chi connectivity index (χ0v) is 15.7. The lowest BCUT2D eigenvalue weighted by Gasteiger charge is -2.16. The van der Waals surface area contributed by atoms with Gasteiger partial charge in [0, 0.05) is 22.3 Å². The molecule has 1 heterocycles. The molecule has 140 valence electrons. The van der Waals surface area contributed by atoms with E-state index in [-0.39, 0.29) is 0 Å². The summed E-state index contributed by atoms with van der Waals surface area (Å²) in [5.74, 6) is -0.196. The van der Waals surface area contributed by atoms with Crippen LogP contribution in [0.1, 0.15) is 16.1 Å². The molecular formula is C20H19ClN2O4. The predicted molar refractivity (Wildman–Crippen MR) is 103 cm³/mol. The molecule has 1 atom stereocenters. The van der Waals surface area contributed by atoms with Crippen LogP contribution in [0.15, 0.2) is 48.5 Å². The third kappa shape index (κ3) is 4.41. The highest BCUT2D eigenvalue weighted by Gasteiger charge is 2.23. The Balaban J connectivity index is 1.77. The summed E-state index contributed by atoms with van der Waals surface area (Å²) in [6, 6.07) is 13.5. The summed E-state index contributed by atoms with van der Waals surface area (Å²) in [7, 11) is 2.88. The first kappa shape index (κ1) is 18.8. The van der Waals surface area contributed by atoms with Crippen molar-refractivity contribution >= 4 is 34.4 Å². The quantitative estimate of drug-likeness (QED) is 0.637. The molecule has 0 spiro atoms. The van der Waals surface area contributed by atoms with Crippen LogP contribution in [0.2, 0.25) is 5.02 Å². The Morgan fingerprint density at radius 3 is 2.52 bits per heavy atom. The van der Waals surface area contributed by atoms with Gasteiger partial charge in [0.25, 0.3) is 5.91 Å². The topological polar surface area (TPSA) is 80.4 Å². The summed E-state index contributed by atoms with van der Waals surface area (Å²) >= 11 is 5.98. The van der Waals surface area contributed by atoms with Crippen molar-refractivity contribution in [3.63, 3.8) is 0 Å². The van der Waals surface area contributed by atoms with E-state index in [1.54, 1.807) is 43.5 Å². The van der Waals surface area contributed by atoms with Gasteiger partial charge in [-0.1, -0.05) is 23.7 Å². The van der Waals surface area contributed by atoms with Gasteiger partial charge < -0.3 is 19.8 Å². The maximum Gasteiger partial charge on any atom is 0.328 e. The molecule has 0 unspecified atom stereocenters. The van der Waals surface area contributed by atoms with Crippen LogP contribution in [-0.4, -0.2) is 37.1 Å². The van der Waals surface area contributed by atoms with Crippen LogP contribution in [0.3, 0.4) is 0 Å². The fourth-order valence-corrected chi connectivity index (χ4v) is 2.98. The van der Waals surface area contributed by atoms with Gasteiger partial charge >= 0.3 is 5.97 Å². The second kappa shape index (κ2) is 8.14. The van der Waals surface area contributed by atoms with Crippen LogP contribution >= 0.6 is 11.6 Å². The number of rotatable bonds is 6. The molecule has 3 rings (SSSR count). The third-order valence-corrected chi connectivity index (χ3v) is 4.45. The molecule has 0 aliphatic heterocycles. The highest BCUT2D eigenvalue weighted by atomic mass is 35.5. The molecule has 3 aromatic rings. The largest absolute Gasteiger partial charge is 0.497 e. The van der Waals surface area contributed by atoms with E-state index < -0.39 is 17.9 Å². The number of hydrogen-bond donors (Lipinski definition) is 2. The molecule has 0 aliphatic carbocycles. The number of amides is 1. The van der Waals surface area contributed by atoms with E-state index >= 15 is 0 Å².